The second-order valence-corrected chi connectivity index (χ2v) is 7.00. The molecular formula is C19H21N5O2S. The highest BCUT2D eigenvalue weighted by Gasteiger charge is 2.31. The van der Waals surface area contributed by atoms with Gasteiger partial charge in [0.2, 0.25) is 5.91 Å². The summed E-state index contributed by atoms with van der Waals surface area (Å²) in [6.07, 6.45) is 2.28. The second kappa shape index (κ2) is 7.13. The molecule has 1 amide bonds. The van der Waals surface area contributed by atoms with Crippen LogP contribution in [0.15, 0.2) is 47.1 Å². The minimum Gasteiger partial charge on any atom is -0.461 e. The Kier molecular flexibility index (Phi) is 4.67. The van der Waals surface area contributed by atoms with Crippen LogP contribution in [0, 0.1) is 4.77 Å². The first-order valence-corrected chi connectivity index (χ1v) is 9.19. The lowest BCUT2D eigenvalue weighted by molar-refractivity contribution is -0.127. The normalized spacial score (nSPS) is 16.9. The summed E-state index contributed by atoms with van der Waals surface area (Å²) in [6.45, 7) is 1.10. The van der Waals surface area contributed by atoms with Gasteiger partial charge in [-0.05, 0) is 41.9 Å². The Morgan fingerprint density at radius 2 is 2.07 bits per heavy atom. The van der Waals surface area contributed by atoms with E-state index in [9.17, 15) is 4.79 Å². The fourth-order valence-electron chi connectivity index (χ4n) is 3.52. The number of fused-ring (bicyclic) bond motifs is 1. The van der Waals surface area contributed by atoms with Crippen molar-refractivity contribution in [1.82, 2.24) is 24.6 Å². The molecule has 1 aliphatic rings. The van der Waals surface area contributed by atoms with Crippen molar-refractivity contribution in [3.63, 3.8) is 0 Å². The molecule has 0 aliphatic carbocycles. The van der Waals surface area contributed by atoms with Crippen molar-refractivity contribution in [2.75, 3.05) is 7.05 Å². The van der Waals surface area contributed by atoms with E-state index in [1.807, 2.05) is 35.9 Å². The minimum atomic E-state index is -0.263. The zero-order valence-electron chi connectivity index (χ0n) is 15.3. The van der Waals surface area contributed by atoms with Crippen LogP contribution in [0.1, 0.15) is 11.1 Å². The molecule has 4 rings (SSSR count). The number of hydrogen-bond acceptors (Lipinski definition) is 5. The number of carbonyl (C=O) groups is 1. The number of rotatable bonds is 4. The standard InChI is InChI=1S/C19H21N5O2S/c1-20-18(25)15-10-13-6-3-4-7-14(13)11-23(15)12-24-19(27)22(2)17(21-24)16-8-5-9-26-16/h3-9,15H,10-12H2,1-2H3,(H,20,25). The second-order valence-electron chi connectivity index (χ2n) is 6.63. The Morgan fingerprint density at radius 1 is 1.30 bits per heavy atom. The van der Waals surface area contributed by atoms with Crippen LogP contribution in [0.4, 0.5) is 0 Å². The Hall–Kier alpha value is -2.71. The molecule has 1 unspecified atom stereocenters. The van der Waals surface area contributed by atoms with Gasteiger partial charge in [0.05, 0.1) is 19.0 Å². The number of carbonyl (C=O) groups excluding carboxylic acids is 1. The van der Waals surface area contributed by atoms with Gasteiger partial charge in [0.25, 0.3) is 0 Å². The molecule has 8 heteroatoms. The summed E-state index contributed by atoms with van der Waals surface area (Å²) in [5.41, 5.74) is 2.44. The summed E-state index contributed by atoms with van der Waals surface area (Å²) in [4.78, 5) is 14.6. The highest BCUT2D eigenvalue weighted by molar-refractivity contribution is 7.71. The van der Waals surface area contributed by atoms with Crippen molar-refractivity contribution < 1.29 is 9.21 Å². The van der Waals surface area contributed by atoms with Crippen LogP contribution < -0.4 is 5.32 Å². The molecular weight excluding hydrogens is 362 g/mol. The zero-order valence-corrected chi connectivity index (χ0v) is 16.1. The third-order valence-corrected chi connectivity index (χ3v) is 5.48. The molecule has 0 radical (unpaired) electrons. The van der Waals surface area contributed by atoms with Gasteiger partial charge in [-0.25, -0.2) is 4.68 Å². The van der Waals surface area contributed by atoms with Crippen LogP contribution in [0.25, 0.3) is 11.6 Å². The maximum atomic E-state index is 12.5. The van der Waals surface area contributed by atoms with E-state index in [0.29, 0.717) is 36.0 Å². The van der Waals surface area contributed by atoms with Crippen LogP contribution >= 0.6 is 12.2 Å². The number of aromatic nitrogens is 3. The SMILES string of the molecule is CNC(=O)C1Cc2ccccc2CN1Cn1nc(-c2ccco2)n(C)c1=S. The van der Waals surface area contributed by atoms with Gasteiger partial charge in [0.1, 0.15) is 0 Å². The van der Waals surface area contributed by atoms with E-state index in [4.69, 9.17) is 16.6 Å². The molecule has 0 spiro atoms. The van der Waals surface area contributed by atoms with Gasteiger partial charge in [-0.2, -0.15) is 0 Å². The predicted octanol–water partition coefficient (Wildman–Crippen LogP) is 2.34. The summed E-state index contributed by atoms with van der Waals surface area (Å²) in [5.74, 6) is 1.33. The molecule has 3 heterocycles. The highest BCUT2D eigenvalue weighted by atomic mass is 32.1. The van der Waals surface area contributed by atoms with E-state index >= 15 is 0 Å². The quantitative estimate of drug-likeness (QED) is 0.701. The number of nitrogens with zero attached hydrogens (tertiary/aromatic N) is 4. The number of amides is 1. The number of nitrogens with one attached hydrogen (secondary N) is 1. The van der Waals surface area contributed by atoms with Crippen LogP contribution in [-0.4, -0.2) is 38.2 Å². The number of furan rings is 1. The molecule has 27 heavy (non-hydrogen) atoms. The molecule has 3 aromatic rings. The third kappa shape index (κ3) is 3.22. The Bertz CT molecular complexity index is 1020. The van der Waals surface area contributed by atoms with Crippen molar-refractivity contribution in [1.29, 1.82) is 0 Å². The van der Waals surface area contributed by atoms with E-state index in [0.717, 1.165) is 0 Å². The molecule has 0 fully saturated rings. The van der Waals surface area contributed by atoms with Gasteiger partial charge in [-0.3, -0.25) is 9.69 Å². The molecule has 1 aliphatic heterocycles. The Labute approximate surface area is 162 Å². The number of likely N-dealkylation sites (N-methyl/N-ethyl adjacent to an activating group) is 1. The molecule has 1 N–H and O–H groups in total. The number of hydrogen-bond donors (Lipinski definition) is 1. The average molecular weight is 383 g/mol. The van der Waals surface area contributed by atoms with Crippen LogP contribution in [-0.2, 0) is 31.5 Å². The van der Waals surface area contributed by atoms with E-state index in [2.05, 4.69) is 27.4 Å². The van der Waals surface area contributed by atoms with E-state index < -0.39 is 0 Å². The largest absolute Gasteiger partial charge is 0.461 e. The van der Waals surface area contributed by atoms with Gasteiger partial charge in [0.15, 0.2) is 16.4 Å². The molecule has 140 valence electrons. The van der Waals surface area contributed by atoms with Crippen molar-refractivity contribution in [2.24, 2.45) is 7.05 Å². The fraction of sp³-hybridized carbons (Fsp3) is 0.316. The van der Waals surface area contributed by atoms with Crippen LogP contribution in [0.5, 0.6) is 0 Å². The van der Waals surface area contributed by atoms with Gasteiger partial charge >= 0.3 is 0 Å². The van der Waals surface area contributed by atoms with Crippen LogP contribution in [0.3, 0.4) is 0 Å². The predicted molar refractivity (Wildman–Crippen MR) is 103 cm³/mol. The monoisotopic (exact) mass is 383 g/mol. The molecule has 0 saturated heterocycles. The zero-order chi connectivity index (χ0) is 19.0. The number of benzene rings is 1. The van der Waals surface area contributed by atoms with Crippen molar-refractivity contribution in [3.8, 4) is 11.6 Å². The lowest BCUT2D eigenvalue weighted by atomic mass is 9.94. The van der Waals surface area contributed by atoms with E-state index in [-0.39, 0.29) is 11.9 Å². The molecule has 1 atom stereocenters. The van der Waals surface area contributed by atoms with Crippen molar-refractivity contribution in [3.05, 3.63) is 58.6 Å². The van der Waals surface area contributed by atoms with Gasteiger partial charge < -0.3 is 14.3 Å². The summed E-state index contributed by atoms with van der Waals surface area (Å²) in [7, 11) is 3.54. The van der Waals surface area contributed by atoms with Gasteiger partial charge in [-0.1, -0.05) is 24.3 Å². The van der Waals surface area contributed by atoms with Crippen molar-refractivity contribution in [2.45, 2.75) is 25.7 Å². The van der Waals surface area contributed by atoms with Gasteiger partial charge in [0, 0.05) is 20.6 Å². The first-order chi connectivity index (χ1) is 13.1. The molecule has 1 aromatic carbocycles. The topological polar surface area (TPSA) is 68.2 Å². The molecule has 7 nitrogen and oxygen atoms in total. The Morgan fingerprint density at radius 3 is 2.78 bits per heavy atom. The van der Waals surface area contributed by atoms with Gasteiger partial charge in [-0.15, -0.1) is 5.10 Å². The molecule has 0 bridgehead atoms. The summed E-state index contributed by atoms with van der Waals surface area (Å²) in [5, 5.41) is 7.41. The first-order valence-electron chi connectivity index (χ1n) is 8.78. The summed E-state index contributed by atoms with van der Waals surface area (Å²) >= 11 is 5.56. The smallest absolute Gasteiger partial charge is 0.237 e. The maximum absolute atomic E-state index is 12.5. The first kappa shape index (κ1) is 17.7. The van der Waals surface area contributed by atoms with Crippen LogP contribution in [0.2, 0.25) is 0 Å². The van der Waals surface area contributed by atoms with E-state index in [1.165, 1.54) is 11.1 Å². The van der Waals surface area contributed by atoms with E-state index in [1.54, 1.807) is 18.0 Å². The average Bonchev–Trinajstić information content (AvgIpc) is 3.31. The summed E-state index contributed by atoms with van der Waals surface area (Å²) in [6, 6.07) is 11.6. The molecule has 2 aromatic heterocycles. The maximum Gasteiger partial charge on any atom is 0.237 e. The third-order valence-electron chi connectivity index (χ3n) is 4.99. The molecule has 0 saturated carbocycles. The lowest BCUT2D eigenvalue weighted by Gasteiger charge is -2.35. The van der Waals surface area contributed by atoms with Crippen molar-refractivity contribution >= 4 is 18.1 Å². The Balaban J connectivity index is 1.67. The highest BCUT2D eigenvalue weighted by Crippen LogP contribution is 2.25. The minimum absolute atomic E-state index is 0.00166. The fourth-order valence-corrected chi connectivity index (χ4v) is 3.71. The summed E-state index contributed by atoms with van der Waals surface area (Å²) < 4.78 is 9.61. The lowest BCUT2D eigenvalue weighted by Crippen LogP contribution is -2.50.